The summed E-state index contributed by atoms with van der Waals surface area (Å²) in [5, 5.41) is 8.55. The molecule has 24 heavy (non-hydrogen) atoms. The van der Waals surface area contributed by atoms with Gasteiger partial charge in [-0.2, -0.15) is 5.10 Å². The van der Waals surface area contributed by atoms with Crippen molar-refractivity contribution in [2.75, 3.05) is 0 Å². The Balaban J connectivity index is 2.11. The van der Waals surface area contributed by atoms with Crippen molar-refractivity contribution in [2.24, 2.45) is 0 Å². The normalized spacial score (nSPS) is 11.5. The molecule has 0 aliphatic rings. The highest BCUT2D eigenvalue weighted by Gasteiger charge is 2.43. The van der Waals surface area contributed by atoms with E-state index in [-0.39, 0.29) is 0 Å². The smallest absolute Gasteiger partial charge is 0.174 e. The van der Waals surface area contributed by atoms with Gasteiger partial charge in [0.2, 0.25) is 0 Å². The Kier molecular flexibility index (Phi) is 3.46. The molecule has 118 valence electrons. The van der Waals surface area contributed by atoms with E-state index in [1.165, 1.54) is 6.33 Å². The van der Waals surface area contributed by atoms with Crippen LogP contribution in [0.1, 0.15) is 22.6 Å². The van der Waals surface area contributed by atoms with E-state index in [1.807, 2.05) is 54.1 Å². The molecule has 0 fully saturated rings. The first-order chi connectivity index (χ1) is 11.8. The summed E-state index contributed by atoms with van der Waals surface area (Å²) >= 11 is 0. The quantitative estimate of drug-likeness (QED) is 0.579. The molecule has 0 aliphatic carbocycles. The number of nitrogens with zero attached hydrogens (tertiary/aromatic N) is 4. The Hall–Kier alpha value is -3.21. The van der Waals surface area contributed by atoms with E-state index in [0.29, 0.717) is 5.76 Å². The molecule has 0 N–H and O–H groups in total. The molecular formula is C19H16N4O. The van der Waals surface area contributed by atoms with Crippen molar-refractivity contribution >= 4 is 0 Å². The number of hydrogen-bond acceptors (Lipinski definition) is 4. The third kappa shape index (κ3) is 2.13. The van der Waals surface area contributed by atoms with Crippen LogP contribution >= 0.6 is 0 Å². The van der Waals surface area contributed by atoms with Crippen LogP contribution in [-0.4, -0.2) is 19.9 Å². The van der Waals surface area contributed by atoms with Gasteiger partial charge in [0.05, 0.1) is 5.69 Å². The van der Waals surface area contributed by atoms with E-state index >= 15 is 0 Å². The third-order valence-corrected chi connectivity index (χ3v) is 4.13. The lowest BCUT2D eigenvalue weighted by molar-refractivity contribution is 0.303. The summed E-state index contributed by atoms with van der Waals surface area (Å²) in [5.41, 5.74) is 2.11. The molecule has 0 unspecified atom stereocenters. The number of aryl methyl sites for hydroxylation is 1. The van der Waals surface area contributed by atoms with Crippen molar-refractivity contribution in [1.82, 2.24) is 19.9 Å². The van der Waals surface area contributed by atoms with Crippen molar-refractivity contribution in [3.8, 4) is 0 Å². The average Bonchev–Trinajstić information content (AvgIpc) is 3.31. The maximum atomic E-state index is 5.72. The van der Waals surface area contributed by atoms with Gasteiger partial charge in [0, 0.05) is 6.07 Å². The first-order valence-electron chi connectivity index (χ1n) is 7.72. The van der Waals surface area contributed by atoms with E-state index in [1.54, 1.807) is 6.33 Å². The van der Waals surface area contributed by atoms with Crippen molar-refractivity contribution < 1.29 is 4.52 Å². The second kappa shape index (κ2) is 5.77. The van der Waals surface area contributed by atoms with Crippen molar-refractivity contribution in [2.45, 2.75) is 12.5 Å². The van der Waals surface area contributed by atoms with Crippen LogP contribution in [0.2, 0.25) is 0 Å². The summed E-state index contributed by atoms with van der Waals surface area (Å²) in [6, 6.07) is 22.2. The van der Waals surface area contributed by atoms with Gasteiger partial charge in [0.25, 0.3) is 0 Å². The van der Waals surface area contributed by atoms with Crippen LogP contribution in [0, 0.1) is 6.92 Å². The van der Waals surface area contributed by atoms with Gasteiger partial charge in [0.15, 0.2) is 11.3 Å². The Labute approximate surface area is 139 Å². The number of benzene rings is 2. The first kappa shape index (κ1) is 14.4. The van der Waals surface area contributed by atoms with Crippen molar-refractivity contribution in [3.05, 3.63) is 102 Å². The molecular weight excluding hydrogens is 300 g/mol. The number of hydrogen-bond donors (Lipinski definition) is 0. The van der Waals surface area contributed by atoms with Gasteiger partial charge in [-0.05, 0) is 18.1 Å². The van der Waals surface area contributed by atoms with Crippen molar-refractivity contribution in [3.63, 3.8) is 0 Å². The molecule has 0 spiro atoms. The monoisotopic (exact) mass is 316 g/mol. The minimum atomic E-state index is -0.764. The van der Waals surface area contributed by atoms with Gasteiger partial charge in [-0.1, -0.05) is 65.8 Å². The molecule has 0 radical (unpaired) electrons. The highest BCUT2D eigenvalue weighted by atomic mass is 16.5. The van der Waals surface area contributed by atoms with Gasteiger partial charge >= 0.3 is 0 Å². The lowest BCUT2D eigenvalue weighted by atomic mass is 9.80. The topological polar surface area (TPSA) is 56.7 Å². The van der Waals surface area contributed by atoms with Gasteiger partial charge in [-0.15, -0.1) is 0 Å². The Morgan fingerprint density at radius 2 is 1.54 bits per heavy atom. The van der Waals surface area contributed by atoms with E-state index in [2.05, 4.69) is 39.5 Å². The molecule has 0 saturated heterocycles. The molecule has 2 aromatic heterocycles. The molecule has 0 aliphatic heterocycles. The maximum absolute atomic E-state index is 5.72. The highest BCUT2D eigenvalue weighted by Crippen LogP contribution is 2.40. The SMILES string of the molecule is Cc1cc(C(c2ccccc2)(c2ccccc2)n2cncn2)on1. The second-order valence-electron chi connectivity index (χ2n) is 5.62. The third-order valence-electron chi connectivity index (χ3n) is 4.13. The second-order valence-corrected chi connectivity index (χ2v) is 5.62. The number of aromatic nitrogens is 4. The molecule has 4 aromatic rings. The van der Waals surface area contributed by atoms with Gasteiger partial charge in [-0.3, -0.25) is 0 Å². The minimum absolute atomic E-state index is 0.697. The lowest BCUT2D eigenvalue weighted by Gasteiger charge is -2.32. The molecule has 0 atom stereocenters. The fraction of sp³-hybridized carbons (Fsp3) is 0.105. The summed E-state index contributed by atoms with van der Waals surface area (Å²) in [6.07, 6.45) is 3.24. The molecule has 0 amide bonds. The Morgan fingerprint density at radius 3 is 2.00 bits per heavy atom. The molecule has 4 rings (SSSR count). The number of rotatable bonds is 4. The summed E-state index contributed by atoms with van der Waals surface area (Å²) in [4.78, 5) is 4.16. The lowest BCUT2D eigenvalue weighted by Crippen LogP contribution is -2.37. The summed E-state index contributed by atoms with van der Waals surface area (Å²) in [7, 11) is 0. The van der Waals surface area contributed by atoms with Crippen LogP contribution in [0.15, 0.2) is 83.9 Å². The molecule has 5 heteroatoms. The molecule has 5 nitrogen and oxygen atoms in total. The summed E-state index contributed by atoms with van der Waals surface area (Å²) in [5.74, 6) is 0.697. The van der Waals surface area contributed by atoms with Crippen LogP contribution < -0.4 is 0 Å². The largest absolute Gasteiger partial charge is 0.358 e. The predicted molar refractivity (Wildman–Crippen MR) is 89.4 cm³/mol. The fourth-order valence-corrected chi connectivity index (χ4v) is 3.10. The van der Waals surface area contributed by atoms with Crippen molar-refractivity contribution in [1.29, 1.82) is 0 Å². The zero-order valence-electron chi connectivity index (χ0n) is 13.2. The Bertz CT molecular complexity index is 875. The van der Waals surface area contributed by atoms with Crippen LogP contribution in [0.25, 0.3) is 0 Å². The van der Waals surface area contributed by atoms with Crippen LogP contribution in [0.5, 0.6) is 0 Å². The first-order valence-corrected chi connectivity index (χ1v) is 7.72. The van der Waals surface area contributed by atoms with Crippen LogP contribution in [0.4, 0.5) is 0 Å². The van der Waals surface area contributed by atoms with E-state index in [4.69, 9.17) is 4.52 Å². The van der Waals surface area contributed by atoms with E-state index < -0.39 is 5.54 Å². The zero-order valence-corrected chi connectivity index (χ0v) is 13.2. The molecule has 0 bridgehead atoms. The fourth-order valence-electron chi connectivity index (χ4n) is 3.10. The molecule has 2 heterocycles. The summed E-state index contributed by atoms with van der Waals surface area (Å²) in [6.45, 7) is 1.91. The molecule has 0 saturated carbocycles. The van der Waals surface area contributed by atoms with Gasteiger partial charge in [-0.25, -0.2) is 9.67 Å². The van der Waals surface area contributed by atoms with Crippen LogP contribution in [-0.2, 0) is 5.54 Å². The molecule has 2 aromatic carbocycles. The maximum Gasteiger partial charge on any atom is 0.174 e. The standard InChI is InChI=1S/C19H16N4O/c1-15-12-18(24-22-15)19(23-14-20-13-21-23,16-8-4-2-5-9-16)17-10-6-3-7-11-17/h2-14H,1H3. The van der Waals surface area contributed by atoms with Gasteiger partial charge in [0.1, 0.15) is 12.7 Å². The minimum Gasteiger partial charge on any atom is -0.358 e. The Morgan fingerprint density at radius 1 is 0.917 bits per heavy atom. The highest BCUT2D eigenvalue weighted by molar-refractivity contribution is 5.47. The zero-order chi connectivity index (χ0) is 16.4. The van der Waals surface area contributed by atoms with Gasteiger partial charge < -0.3 is 4.52 Å². The summed E-state index contributed by atoms with van der Waals surface area (Å²) < 4.78 is 7.54. The van der Waals surface area contributed by atoms with E-state index in [0.717, 1.165) is 16.8 Å². The van der Waals surface area contributed by atoms with Crippen LogP contribution in [0.3, 0.4) is 0 Å². The average molecular weight is 316 g/mol. The van der Waals surface area contributed by atoms with E-state index in [9.17, 15) is 0 Å². The predicted octanol–water partition coefficient (Wildman–Crippen LogP) is 3.41.